The van der Waals surface area contributed by atoms with E-state index in [1.54, 1.807) is 25.1 Å². The fourth-order valence-electron chi connectivity index (χ4n) is 1.25. The number of carbonyl (C=O) groups is 1. The summed E-state index contributed by atoms with van der Waals surface area (Å²) in [6, 6.07) is 7.30. The molecule has 0 spiro atoms. The van der Waals surface area contributed by atoms with Crippen LogP contribution < -0.4 is 0 Å². The Bertz CT molecular complexity index is 374. The highest BCUT2D eigenvalue weighted by Crippen LogP contribution is 2.14. The van der Waals surface area contributed by atoms with E-state index in [1.165, 1.54) is 0 Å². The van der Waals surface area contributed by atoms with Crippen LogP contribution in [0, 0.1) is 18.3 Å². The Morgan fingerprint density at radius 1 is 1.54 bits per heavy atom. The number of hydrogen-bond acceptors (Lipinski definition) is 2. The molecule has 0 heterocycles. The molecule has 1 aromatic carbocycles. The maximum Gasteiger partial charge on any atom is 0.162 e. The fraction of sp³-hybridized carbons (Fsp3) is 0.273. The van der Waals surface area contributed by atoms with E-state index in [1.807, 2.05) is 6.92 Å². The van der Waals surface area contributed by atoms with Crippen molar-refractivity contribution in [1.82, 2.24) is 0 Å². The molecule has 0 bridgehead atoms. The van der Waals surface area contributed by atoms with E-state index in [0.717, 1.165) is 5.56 Å². The first-order chi connectivity index (χ1) is 6.20. The summed E-state index contributed by atoms with van der Waals surface area (Å²) >= 11 is 0. The first kappa shape index (κ1) is 9.47. The highest BCUT2D eigenvalue weighted by atomic mass is 16.1. The fourth-order valence-corrected chi connectivity index (χ4v) is 1.25. The molecule has 0 fully saturated rings. The predicted octanol–water partition coefficient (Wildman–Crippen LogP) is 2.46. The summed E-state index contributed by atoms with van der Waals surface area (Å²) in [5.41, 5.74) is 2.04. The van der Waals surface area contributed by atoms with Gasteiger partial charge in [-0.3, -0.25) is 4.79 Å². The van der Waals surface area contributed by atoms with Crippen molar-refractivity contribution in [3.63, 3.8) is 0 Å². The van der Waals surface area contributed by atoms with Crippen LogP contribution in [0.4, 0.5) is 0 Å². The summed E-state index contributed by atoms with van der Waals surface area (Å²) in [5.74, 6) is 0.0922. The van der Waals surface area contributed by atoms with Crippen molar-refractivity contribution in [2.75, 3.05) is 0 Å². The van der Waals surface area contributed by atoms with Crippen LogP contribution in [0.5, 0.6) is 0 Å². The Hall–Kier alpha value is -1.62. The zero-order valence-electron chi connectivity index (χ0n) is 7.79. The summed E-state index contributed by atoms with van der Waals surface area (Å²) in [6.45, 7) is 3.63. The number of rotatable bonds is 2. The van der Waals surface area contributed by atoms with Crippen LogP contribution in [0.2, 0.25) is 0 Å². The van der Waals surface area contributed by atoms with Gasteiger partial charge in [0, 0.05) is 12.0 Å². The SMILES string of the molecule is CCC(=O)c1cccc(C#N)c1C. The molecule has 1 aromatic rings. The van der Waals surface area contributed by atoms with Crippen LogP contribution in [0.3, 0.4) is 0 Å². The minimum absolute atomic E-state index is 0.0922. The van der Waals surface area contributed by atoms with E-state index in [2.05, 4.69) is 6.07 Å². The number of nitriles is 1. The smallest absolute Gasteiger partial charge is 0.162 e. The van der Waals surface area contributed by atoms with Gasteiger partial charge < -0.3 is 0 Å². The topological polar surface area (TPSA) is 40.9 Å². The predicted molar refractivity (Wildman–Crippen MR) is 50.5 cm³/mol. The highest BCUT2D eigenvalue weighted by Gasteiger charge is 2.08. The van der Waals surface area contributed by atoms with Crippen molar-refractivity contribution in [3.05, 3.63) is 34.9 Å². The lowest BCUT2D eigenvalue weighted by Gasteiger charge is -2.03. The van der Waals surface area contributed by atoms with Crippen molar-refractivity contribution in [3.8, 4) is 6.07 Å². The molecule has 0 aliphatic carbocycles. The second-order valence-corrected chi connectivity index (χ2v) is 2.87. The van der Waals surface area contributed by atoms with Crippen LogP contribution in [0.1, 0.15) is 34.8 Å². The zero-order chi connectivity index (χ0) is 9.84. The van der Waals surface area contributed by atoms with Crippen LogP contribution >= 0.6 is 0 Å². The van der Waals surface area contributed by atoms with Gasteiger partial charge in [0.05, 0.1) is 11.6 Å². The van der Waals surface area contributed by atoms with Gasteiger partial charge in [0.1, 0.15) is 0 Å². The number of Topliss-reactive ketones (excluding diaryl/α,β-unsaturated/α-hetero) is 1. The minimum atomic E-state index is 0.0922. The van der Waals surface area contributed by atoms with Gasteiger partial charge in [-0.15, -0.1) is 0 Å². The molecular formula is C11H11NO. The number of nitrogens with zero attached hydrogens (tertiary/aromatic N) is 1. The molecule has 2 nitrogen and oxygen atoms in total. The molecule has 0 aliphatic rings. The molecule has 0 aliphatic heterocycles. The lowest BCUT2D eigenvalue weighted by Crippen LogP contribution is -2.00. The van der Waals surface area contributed by atoms with E-state index >= 15 is 0 Å². The zero-order valence-corrected chi connectivity index (χ0v) is 7.79. The number of hydrogen-bond donors (Lipinski definition) is 0. The third-order valence-corrected chi connectivity index (χ3v) is 2.08. The van der Waals surface area contributed by atoms with E-state index in [0.29, 0.717) is 17.5 Å². The van der Waals surface area contributed by atoms with Crippen molar-refractivity contribution in [1.29, 1.82) is 5.26 Å². The van der Waals surface area contributed by atoms with Gasteiger partial charge in [-0.25, -0.2) is 0 Å². The molecular weight excluding hydrogens is 162 g/mol. The molecule has 66 valence electrons. The highest BCUT2D eigenvalue weighted by molar-refractivity contribution is 5.97. The quantitative estimate of drug-likeness (QED) is 0.644. The monoisotopic (exact) mass is 173 g/mol. The molecule has 0 saturated carbocycles. The molecule has 13 heavy (non-hydrogen) atoms. The lowest BCUT2D eigenvalue weighted by molar-refractivity contribution is 0.0987. The Morgan fingerprint density at radius 3 is 2.77 bits per heavy atom. The second-order valence-electron chi connectivity index (χ2n) is 2.87. The van der Waals surface area contributed by atoms with Gasteiger partial charge in [0.25, 0.3) is 0 Å². The maximum atomic E-state index is 11.4. The van der Waals surface area contributed by atoms with Crippen LogP contribution in [-0.2, 0) is 0 Å². The summed E-state index contributed by atoms with van der Waals surface area (Å²) < 4.78 is 0. The molecule has 0 atom stereocenters. The Labute approximate surface area is 77.8 Å². The lowest BCUT2D eigenvalue weighted by atomic mass is 9.99. The molecule has 0 N–H and O–H groups in total. The molecule has 0 saturated heterocycles. The van der Waals surface area contributed by atoms with E-state index in [9.17, 15) is 4.79 Å². The summed E-state index contributed by atoms with van der Waals surface area (Å²) in [6.07, 6.45) is 0.482. The van der Waals surface area contributed by atoms with Crippen LogP contribution in [-0.4, -0.2) is 5.78 Å². The number of benzene rings is 1. The summed E-state index contributed by atoms with van der Waals surface area (Å²) in [7, 11) is 0. The minimum Gasteiger partial charge on any atom is -0.294 e. The third-order valence-electron chi connectivity index (χ3n) is 2.08. The molecule has 0 unspecified atom stereocenters. The number of carbonyl (C=O) groups excluding carboxylic acids is 1. The maximum absolute atomic E-state index is 11.4. The van der Waals surface area contributed by atoms with Gasteiger partial charge in [-0.05, 0) is 18.6 Å². The van der Waals surface area contributed by atoms with Gasteiger partial charge in [-0.2, -0.15) is 5.26 Å². The van der Waals surface area contributed by atoms with E-state index < -0.39 is 0 Å². The van der Waals surface area contributed by atoms with E-state index in [4.69, 9.17) is 5.26 Å². The van der Waals surface area contributed by atoms with Crippen molar-refractivity contribution < 1.29 is 4.79 Å². The standard InChI is InChI=1S/C11H11NO/c1-3-11(13)10-6-4-5-9(7-12)8(10)2/h4-6H,3H2,1-2H3. The summed E-state index contributed by atoms with van der Waals surface area (Å²) in [5, 5.41) is 8.74. The van der Waals surface area contributed by atoms with Crippen molar-refractivity contribution in [2.24, 2.45) is 0 Å². The van der Waals surface area contributed by atoms with Crippen LogP contribution in [0.15, 0.2) is 18.2 Å². The molecule has 0 aromatic heterocycles. The number of ketones is 1. The Morgan fingerprint density at radius 2 is 2.23 bits per heavy atom. The largest absolute Gasteiger partial charge is 0.294 e. The van der Waals surface area contributed by atoms with Gasteiger partial charge in [0.15, 0.2) is 5.78 Å². The van der Waals surface area contributed by atoms with E-state index in [-0.39, 0.29) is 5.78 Å². The first-order valence-corrected chi connectivity index (χ1v) is 4.23. The molecule has 0 amide bonds. The van der Waals surface area contributed by atoms with Crippen molar-refractivity contribution in [2.45, 2.75) is 20.3 Å². The van der Waals surface area contributed by atoms with Crippen LogP contribution in [0.25, 0.3) is 0 Å². The summed E-state index contributed by atoms with van der Waals surface area (Å²) in [4.78, 5) is 11.4. The average Bonchev–Trinajstić information content (AvgIpc) is 2.17. The van der Waals surface area contributed by atoms with Gasteiger partial charge >= 0.3 is 0 Å². The molecule has 0 radical (unpaired) electrons. The third kappa shape index (κ3) is 1.75. The molecule has 2 heteroatoms. The van der Waals surface area contributed by atoms with Crippen molar-refractivity contribution >= 4 is 5.78 Å². The normalized spacial score (nSPS) is 9.31. The van der Waals surface area contributed by atoms with Gasteiger partial charge in [-0.1, -0.05) is 19.1 Å². The molecule has 1 rings (SSSR count). The Kier molecular flexibility index (Phi) is 2.81. The first-order valence-electron chi connectivity index (χ1n) is 4.23. The average molecular weight is 173 g/mol. The Balaban J connectivity index is 3.25. The van der Waals surface area contributed by atoms with Gasteiger partial charge in [0.2, 0.25) is 0 Å². The second kappa shape index (κ2) is 3.86.